The van der Waals surface area contributed by atoms with E-state index < -0.39 is 5.91 Å². The van der Waals surface area contributed by atoms with Crippen LogP contribution >= 0.6 is 11.6 Å². The van der Waals surface area contributed by atoms with Crippen LogP contribution in [0.15, 0.2) is 54.6 Å². The van der Waals surface area contributed by atoms with E-state index in [1.54, 1.807) is 42.5 Å². The number of methoxy groups -OCH3 is 1. The van der Waals surface area contributed by atoms with Gasteiger partial charge >= 0.3 is 0 Å². The van der Waals surface area contributed by atoms with Crippen molar-refractivity contribution < 1.29 is 14.6 Å². The van der Waals surface area contributed by atoms with Gasteiger partial charge in [-0.2, -0.15) is 0 Å². The molecular formula is C18H14ClNO3. The topological polar surface area (TPSA) is 58.6 Å². The molecule has 0 unspecified atom stereocenters. The fourth-order valence-electron chi connectivity index (χ4n) is 2.43. The number of hydrogen-bond acceptors (Lipinski definition) is 3. The lowest BCUT2D eigenvalue weighted by atomic mass is 10.0. The van der Waals surface area contributed by atoms with Gasteiger partial charge in [0, 0.05) is 15.8 Å². The third-order valence-electron chi connectivity index (χ3n) is 3.57. The summed E-state index contributed by atoms with van der Waals surface area (Å²) in [5.74, 6) is -0.0238. The van der Waals surface area contributed by atoms with Crippen LogP contribution in [0.2, 0.25) is 5.02 Å². The number of rotatable bonds is 3. The maximum Gasteiger partial charge on any atom is 0.259 e. The number of aromatic hydroxyl groups is 1. The van der Waals surface area contributed by atoms with Crippen molar-refractivity contribution in [3.8, 4) is 11.5 Å². The predicted molar refractivity (Wildman–Crippen MR) is 91.6 cm³/mol. The number of halogens is 1. The zero-order valence-electron chi connectivity index (χ0n) is 12.3. The van der Waals surface area contributed by atoms with Crippen LogP contribution < -0.4 is 10.1 Å². The molecule has 5 heteroatoms. The van der Waals surface area contributed by atoms with Crippen molar-refractivity contribution in [2.75, 3.05) is 12.4 Å². The zero-order chi connectivity index (χ0) is 16.4. The maximum atomic E-state index is 12.5. The molecule has 0 aliphatic carbocycles. The van der Waals surface area contributed by atoms with Crippen molar-refractivity contribution in [1.29, 1.82) is 0 Å². The van der Waals surface area contributed by atoms with E-state index in [1.165, 1.54) is 13.2 Å². The molecule has 4 nitrogen and oxygen atoms in total. The fraction of sp³-hybridized carbons (Fsp3) is 0.0556. The first-order valence-electron chi connectivity index (χ1n) is 6.96. The number of carbonyl (C=O) groups excluding carboxylic acids is 1. The number of phenolic OH excluding ortho intramolecular Hbond substituents is 1. The molecule has 3 aromatic carbocycles. The van der Waals surface area contributed by atoms with E-state index in [9.17, 15) is 9.90 Å². The van der Waals surface area contributed by atoms with Crippen LogP contribution in [0.1, 0.15) is 10.4 Å². The van der Waals surface area contributed by atoms with E-state index in [2.05, 4.69) is 5.32 Å². The van der Waals surface area contributed by atoms with Crippen LogP contribution in [0.4, 0.5) is 5.69 Å². The van der Waals surface area contributed by atoms with Crippen molar-refractivity contribution in [2.24, 2.45) is 0 Å². The van der Waals surface area contributed by atoms with Gasteiger partial charge in [-0.1, -0.05) is 48.0 Å². The van der Waals surface area contributed by atoms with Crippen molar-refractivity contribution in [3.63, 3.8) is 0 Å². The second-order valence-electron chi connectivity index (χ2n) is 4.95. The Bertz CT molecular complexity index is 893. The number of phenols is 1. The third kappa shape index (κ3) is 2.81. The van der Waals surface area contributed by atoms with Crippen molar-refractivity contribution in [1.82, 2.24) is 0 Å². The number of benzene rings is 3. The van der Waals surface area contributed by atoms with Crippen LogP contribution in [0.25, 0.3) is 10.8 Å². The van der Waals surface area contributed by atoms with Gasteiger partial charge in [-0.25, -0.2) is 0 Å². The summed E-state index contributed by atoms with van der Waals surface area (Å²) in [6.45, 7) is 0. The minimum Gasteiger partial charge on any atom is -0.506 e. The minimum absolute atomic E-state index is 0.0996. The molecule has 0 heterocycles. The molecule has 0 aromatic heterocycles. The molecule has 3 rings (SSSR count). The van der Waals surface area contributed by atoms with Gasteiger partial charge in [0.05, 0.1) is 18.4 Å². The van der Waals surface area contributed by atoms with Crippen LogP contribution in [0.3, 0.4) is 0 Å². The molecule has 2 N–H and O–H groups in total. The Morgan fingerprint density at radius 2 is 1.74 bits per heavy atom. The number of ether oxygens (including phenoxy) is 1. The van der Waals surface area contributed by atoms with Crippen molar-refractivity contribution in [3.05, 3.63) is 65.2 Å². The molecule has 0 saturated heterocycles. The highest BCUT2D eigenvalue weighted by Crippen LogP contribution is 2.35. The number of para-hydroxylation sites is 2. The lowest BCUT2D eigenvalue weighted by Crippen LogP contribution is -2.13. The Labute approximate surface area is 138 Å². The number of nitrogens with one attached hydrogen (secondary N) is 1. The number of carbonyl (C=O) groups is 1. The lowest BCUT2D eigenvalue weighted by Gasteiger charge is -2.12. The quantitative estimate of drug-likeness (QED) is 0.746. The Morgan fingerprint density at radius 1 is 1.09 bits per heavy atom. The van der Waals surface area contributed by atoms with Gasteiger partial charge in [0.15, 0.2) is 0 Å². The molecule has 0 aliphatic rings. The van der Waals surface area contributed by atoms with Gasteiger partial charge in [-0.3, -0.25) is 4.79 Å². The first-order chi connectivity index (χ1) is 11.1. The van der Waals surface area contributed by atoms with Gasteiger partial charge < -0.3 is 15.2 Å². The molecule has 0 saturated carbocycles. The smallest absolute Gasteiger partial charge is 0.259 e. The van der Waals surface area contributed by atoms with Gasteiger partial charge in [0.1, 0.15) is 11.5 Å². The molecule has 23 heavy (non-hydrogen) atoms. The summed E-state index contributed by atoms with van der Waals surface area (Å²) in [4.78, 5) is 12.5. The maximum absolute atomic E-state index is 12.5. The minimum atomic E-state index is -0.459. The van der Waals surface area contributed by atoms with E-state index in [-0.39, 0.29) is 11.3 Å². The number of hydrogen-bond donors (Lipinski definition) is 2. The number of fused-ring (bicyclic) bond motifs is 1. The molecular weight excluding hydrogens is 314 g/mol. The average molecular weight is 328 g/mol. The molecule has 3 aromatic rings. The van der Waals surface area contributed by atoms with Crippen LogP contribution in [0, 0.1) is 0 Å². The summed E-state index contributed by atoms with van der Waals surface area (Å²) < 4.78 is 5.20. The summed E-state index contributed by atoms with van der Waals surface area (Å²) >= 11 is 6.22. The molecule has 0 atom stereocenters. The Kier molecular flexibility index (Phi) is 4.08. The van der Waals surface area contributed by atoms with Gasteiger partial charge in [0.2, 0.25) is 0 Å². The standard InChI is InChI=1S/C18H14ClNO3/c1-23-16-9-5-4-8-15(16)20-18(22)13-10-14(19)11-6-2-3-7-12(11)17(13)21/h2-10,21H,1H3,(H,20,22). The highest BCUT2D eigenvalue weighted by molar-refractivity contribution is 6.36. The van der Waals surface area contributed by atoms with Crippen molar-refractivity contribution in [2.45, 2.75) is 0 Å². The van der Waals surface area contributed by atoms with Crippen LogP contribution in [-0.4, -0.2) is 18.1 Å². The third-order valence-corrected chi connectivity index (χ3v) is 3.88. The van der Waals surface area contributed by atoms with E-state index >= 15 is 0 Å². The first-order valence-corrected chi connectivity index (χ1v) is 7.34. The van der Waals surface area contributed by atoms with Crippen LogP contribution in [-0.2, 0) is 0 Å². The highest BCUT2D eigenvalue weighted by atomic mass is 35.5. The molecule has 0 bridgehead atoms. The average Bonchev–Trinajstić information content (AvgIpc) is 2.58. The fourth-order valence-corrected chi connectivity index (χ4v) is 2.70. The summed E-state index contributed by atoms with van der Waals surface area (Å²) in [6.07, 6.45) is 0. The van der Waals surface area contributed by atoms with Crippen molar-refractivity contribution >= 4 is 34.0 Å². The number of amides is 1. The van der Waals surface area contributed by atoms with E-state index in [1.807, 2.05) is 6.07 Å². The summed E-state index contributed by atoms with van der Waals surface area (Å²) in [6, 6.07) is 15.6. The zero-order valence-corrected chi connectivity index (χ0v) is 13.1. The Balaban J connectivity index is 2.03. The molecule has 0 radical (unpaired) electrons. The highest BCUT2D eigenvalue weighted by Gasteiger charge is 2.17. The Hall–Kier alpha value is -2.72. The summed E-state index contributed by atoms with van der Waals surface area (Å²) in [5, 5.41) is 14.8. The van der Waals surface area contributed by atoms with E-state index in [4.69, 9.17) is 16.3 Å². The monoisotopic (exact) mass is 327 g/mol. The van der Waals surface area contributed by atoms with E-state index in [0.717, 1.165) is 0 Å². The van der Waals surface area contributed by atoms with Gasteiger partial charge in [0.25, 0.3) is 5.91 Å². The molecule has 0 fully saturated rings. The molecule has 0 aliphatic heterocycles. The van der Waals surface area contributed by atoms with Gasteiger partial charge in [-0.15, -0.1) is 0 Å². The number of anilines is 1. The lowest BCUT2D eigenvalue weighted by molar-refractivity contribution is 0.102. The normalized spacial score (nSPS) is 10.5. The largest absolute Gasteiger partial charge is 0.506 e. The summed E-state index contributed by atoms with van der Waals surface area (Å²) in [7, 11) is 1.52. The summed E-state index contributed by atoms with van der Waals surface area (Å²) in [5.41, 5.74) is 0.628. The van der Waals surface area contributed by atoms with Gasteiger partial charge in [-0.05, 0) is 18.2 Å². The van der Waals surface area contributed by atoms with Crippen LogP contribution in [0.5, 0.6) is 11.5 Å². The van der Waals surface area contributed by atoms with E-state index in [0.29, 0.717) is 27.2 Å². The molecule has 1 amide bonds. The first kappa shape index (κ1) is 15.2. The second kappa shape index (κ2) is 6.18. The molecule has 0 spiro atoms. The Morgan fingerprint density at radius 3 is 2.48 bits per heavy atom. The molecule has 116 valence electrons. The SMILES string of the molecule is COc1ccccc1NC(=O)c1cc(Cl)c2ccccc2c1O. The predicted octanol–water partition coefficient (Wildman–Crippen LogP) is 4.46. The second-order valence-corrected chi connectivity index (χ2v) is 5.36.